The normalized spacial score (nSPS) is 9.58. The second-order valence-electron chi connectivity index (χ2n) is 4.34. The average Bonchev–Trinajstić information content (AvgIpc) is 2.46. The van der Waals surface area contributed by atoms with Gasteiger partial charge in [0, 0.05) is 27.9 Å². The number of benzene rings is 2. The molecule has 0 aliphatic heterocycles. The molecule has 2 aromatic carbocycles. The van der Waals surface area contributed by atoms with Crippen molar-refractivity contribution in [1.29, 1.82) is 0 Å². The van der Waals surface area contributed by atoms with Crippen LogP contribution in [-0.2, 0) is 0 Å². The number of anilines is 1. The predicted octanol–water partition coefficient (Wildman–Crippen LogP) is 3.57. The first-order valence-electron chi connectivity index (χ1n) is 6.07. The summed E-state index contributed by atoms with van der Waals surface area (Å²) >= 11 is 11.0. The van der Waals surface area contributed by atoms with Crippen LogP contribution in [0.3, 0.4) is 0 Å². The van der Waals surface area contributed by atoms with Crippen LogP contribution in [0.1, 0.15) is 20.7 Å². The fourth-order valence-corrected chi connectivity index (χ4v) is 2.01. The molecule has 24 heavy (non-hydrogen) atoms. The molecule has 0 bridgehead atoms. The number of nitro groups is 1. The van der Waals surface area contributed by atoms with Gasteiger partial charge in [-0.25, -0.2) is 9.59 Å². The minimum absolute atomic E-state index is 0.0339. The van der Waals surface area contributed by atoms with E-state index in [4.69, 9.17) is 39.1 Å². The zero-order valence-corrected chi connectivity index (χ0v) is 13.3. The first kappa shape index (κ1) is 19.2. The number of nitrogen functional groups attached to an aromatic ring is 1. The van der Waals surface area contributed by atoms with E-state index in [1.54, 1.807) is 0 Å². The quantitative estimate of drug-likeness (QED) is 0.424. The maximum Gasteiger partial charge on any atom is 0.335 e. The number of carboxylic acid groups (broad SMARTS) is 2. The number of halogens is 2. The highest BCUT2D eigenvalue weighted by molar-refractivity contribution is 6.31. The number of carbonyl (C=O) groups is 2. The van der Waals surface area contributed by atoms with E-state index in [1.807, 2.05) is 0 Å². The first-order chi connectivity index (χ1) is 11.1. The number of non-ortho nitro benzene ring substituents is 1. The number of hydrogen-bond acceptors (Lipinski definition) is 5. The van der Waals surface area contributed by atoms with Gasteiger partial charge in [0.1, 0.15) is 0 Å². The van der Waals surface area contributed by atoms with Crippen molar-refractivity contribution >= 4 is 46.5 Å². The maximum absolute atomic E-state index is 10.4. The molecule has 10 heteroatoms. The molecule has 0 unspecified atom stereocenters. The molecule has 0 aliphatic rings. The summed E-state index contributed by atoms with van der Waals surface area (Å²) in [5.41, 5.74) is 5.29. The van der Waals surface area contributed by atoms with Gasteiger partial charge in [0.05, 0.1) is 16.1 Å². The molecule has 0 saturated carbocycles. The molecule has 0 saturated heterocycles. The summed E-state index contributed by atoms with van der Waals surface area (Å²) in [5.74, 6) is -2.27. The van der Waals surface area contributed by atoms with Crippen molar-refractivity contribution in [3.05, 3.63) is 67.7 Å². The minimum atomic E-state index is -1.24. The van der Waals surface area contributed by atoms with Crippen molar-refractivity contribution in [3.8, 4) is 0 Å². The fraction of sp³-hybridized carbons (Fsp3) is 0. The summed E-state index contributed by atoms with van der Waals surface area (Å²) in [6.45, 7) is 0. The standard InChI is InChI=1S/C7H4ClNO4.C7H6ClNO2/c8-5-1-4(7(10)11)2-6(3-5)9(12)13;8-5-1-4(7(10)11)2-6(9)3-5/h1-3H,(H,10,11);1-3H,9H2,(H,10,11). The first-order valence-corrected chi connectivity index (χ1v) is 6.83. The van der Waals surface area contributed by atoms with E-state index in [9.17, 15) is 19.7 Å². The van der Waals surface area contributed by atoms with Gasteiger partial charge in [-0.2, -0.15) is 0 Å². The molecule has 0 spiro atoms. The smallest absolute Gasteiger partial charge is 0.335 e. The number of carboxylic acids is 2. The second-order valence-corrected chi connectivity index (χ2v) is 5.21. The SMILES string of the molecule is Nc1cc(Cl)cc(C(=O)O)c1.O=C(O)c1cc(Cl)cc([N+](=O)[O-])c1. The Bertz CT molecular complexity index is 757. The minimum Gasteiger partial charge on any atom is -0.478 e. The van der Waals surface area contributed by atoms with Gasteiger partial charge >= 0.3 is 11.9 Å². The van der Waals surface area contributed by atoms with Crippen LogP contribution in [0, 0.1) is 10.1 Å². The topological polar surface area (TPSA) is 144 Å². The van der Waals surface area contributed by atoms with E-state index in [-0.39, 0.29) is 21.8 Å². The van der Waals surface area contributed by atoms with Crippen LogP contribution in [-0.4, -0.2) is 27.1 Å². The molecule has 0 radical (unpaired) electrons. The molecule has 0 aromatic heterocycles. The highest BCUT2D eigenvalue weighted by Crippen LogP contribution is 2.20. The van der Waals surface area contributed by atoms with Crippen LogP contribution in [0.25, 0.3) is 0 Å². The Labute approximate surface area is 145 Å². The van der Waals surface area contributed by atoms with E-state index < -0.39 is 16.9 Å². The Hall–Kier alpha value is -2.84. The number of hydrogen-bond donors (Lipinski definition) is 3. The average molecular weight is 373 g/mol. The number of nitro benzene ring substituents is 1. The van der Waals surface area contributed by atoms with E-state index >= 15 is 0 Å². The van der Waals surface area contributed by atoms with Crippen molar-refractivity contribution in [2.75, 3.05) is 5.73 Å². The summed E-state index contributed by atoms with van der Waals surface area (Å²) in [6, 6.07) is 7.39. The summed E-state index contributed by atoms with van der Waals surface area (Å²) in [4.78, 5) is 30.4. The van der Waals surface area contributed by atoms with E-state index in [2.05, 4.69) is 0 Å². The van der Waals surface area contributed by atoms with Crippen LogP contribution in [0.15, 0.2) is 36.4 Å². The lowest BCUT2D eigenvalue weighted by molar-refractivity contribution is -0.384. The fourth-order valence-electron chi connectivity index (χ4n) is 1.54. The third-order valence-corrected chi connectivity index (χ3v) is 2.94. The Morgan fingerprint density at radius 2 is 1.38 bits per heavy atom. The van der Waals surface area contributed by atoms with Crippen LogP contribution in [0.5, 0.6) is 0 Å². The Balaban J connectivity index is 0.000000243. The monoisotopic (exact) mass is 372 g/mol. The van der Waals surface area contributed by atoms with Gasteiger partial charge in [-0.3, -0.25) is 10.1 Å². The molecule has 2 aromatic rings. The van der Waals surface area contributed by atoms with Gasteiger partial charge in [-0.1, -0.05) is 23.2 Å². The number of nitrogens with zero attached hydrogens (tertiary/aromatic N) is 1. The van der Waals surface area contributed by atoms with Gasteiger partial charge in [-0.05, 0) is 24.3 Å². The molecular weight excluding hydrogens is 363 g/mol. The van der Waals surface area contributed by atoms with Crippen LogP contribution in [0.2, 0.25) is 10.0 Å². The van der Waals surface area contributed by atoms with Gasteiger partial charge in [-0.15, -0.1) is 0 Å². The molecular formula is C14H10Cl2N2O6. The van der Waals surface area contributed by atoms with Crippen LogP contribution >= 0.6 is 23.2 Å². The predicted molar refractivity (Wildman–Crippen MR) is 87.9 cm³/mol. The lowest BCUT2D eigenvalue weighted by Crippen LogP contribution is -1.97. The van der Waals surface area contributed by atoms with Gasteiger partial charge < -0.3 is 15.9 Å². The third kappa shape index (κ3) is 5.75. The van der Waals surface area contributed by atoms with Crippen LogP contribution in [0.4, 0.5) is 11.4 Å². The maximum atomic E-state index is 10.4. The second kappa shape index (κ2) is 8.14. The highest BCUT2D eigenvalue weighted by Gasteiger charge is 2.12. The number of aromatic carboxylic acids is 2. The van der Waals surface area contributed by atoms with Crippen molar-refractivity contribution in [2.45, 2.75) is 0 Å². The van der Waals surface area contributed by atoms with E-state index in [0.29, 0.717) is 10.7 Å². The number of rotatable bonds is 3. The van der Waals surface area contributed by atoms with Gasteiger partial charge in [0.2, 0.25) is 0 Å². The summed E-state index contributed by atoms with van der Waals surface area (Å²) in [5, 5.41) is 27.7. The van der Waals surface area contributed by atoms with Crippen molar-refractivity contribution in [3.63, 3.8) is 0 Å². The summed E-state index contributed by atoms with van der Waals surface area (Å²) in [7, 11) is 0. The lowest BCUT2D eigenvalue weighted by atomic mass is 10.2. The Kier molecular flexibility index (Phi) is 6.51. The van der Waals surface area contributed by atoms with Crippen molar-refractivity contribution in [1.82, 2.24) is 0 Å². The Morgan fingerprint density at radius 3 is 1.79 bits per heavy atom. The third-order valence-electron chi connectivity index (χ3n) is 2.51. The number of nitrogens with two attached hydrogens (primary N) is 1. The molecule has 126 valence electrons. The molecule has 2 rings (SSSR count). The molecule has 0 amide bonds. The van der Waals surface area contributed by atoms with Gasteiger partial charge in [0.15, 0.2) is 0 Å². The molecule has 0 atom stereocenters. The van der Waals surface area contributed by atoms with E-state index in [0.717, 1.165) is 18.2 Å². The zero-order chi connectivity index (χ0) is 18.4. The molecule has 0 aliphatic carbocycles. The van der Waals surface area contributed by atoms with Crippen molar-refractivity contribution in [2.24, 2.45) is 0 Å². The molecule has 4 N–H and O–H groups in total. The lowest BCUT2D eigenvalue weighted by Gasteiger charge is -1.97. The summed E-state index contributed by atoms with van der Waals surface area (Å²) < 4.78 is 0. The molecule has 0 fully saturated rings. The van der Waals surface area contributed by atoms with Crippen molar-refractivity contribution < 1.29 is 24.7 Å². The zero-order valence-electron chi connectivity index (χ0n) is 11.8. The summed E-state index contributed by atoms with van der Waals surface area (Å²) in [6.07, 6.45) is 0. The largest absolute Gasteiger partial charge is 0.478 e. The molecule has 0 heterocycles. The molecule has 8 nitrogen and oxygen atoms in total. The highest BCUT2D eigenvalue weighted by atomic mass is 35.5. The Morgan fingerprint density at radius 1 is 0.917 bits per heavy atom. The van der Waals surface area contributed by atoms with E-state index in [1.165, 1.54) is 18.2 Å². The van der Waals surface area contributed by atoms with Gasteiger partial charge in [0.25, 0.3) is 5.69 Å². The van der Waals surface area contributed by atoms with Crippen LogP contribution < -0.4 is 5.73 Å².